The van der Waals surface area contributed by atoms with Crippen LogP contribution in [-0.2, 0) is 6.54 Å². The molecule has 0 heterocycles. The van der Waals surface area contributed by atoms with E-state index in [9.17, 15) is 0 Å². The third-order valence-corrected chi connectivity index (χ3v) is 3.09. The van der Waals surface area contributed by atoms with Gasteiger partial charge < -0.3 is 14.8 Å². The Balaban J connectivity index is 2.77. The zero-order valence-corrected chi connectivity index (χ0v) is 12.8. The molecule has 0 spiro atoms. The molecule has 0 aliphatic carbocycles. The van der Waals surface area contributed by atoms with E-state index in [0.29, 0.717) is 19.0 Å². The summed E-state index contributed by atoms with van der Waals surface area (Å²) in [5.41, 5.74) is 1.05. The molecule has 1 N–H and O–H groups in total. The molecule has 108 valence electrons. The number of benzene rings is 1. The Hall–Kier alpha value is -0.930. The molecule has 1 aromatic rings. The van der Waals surface area contributed by atoms with Gasteiger partial charge in [-0.2, -0.15) is 0 Å². The third-order valence-electron chi connectivity index (χ3n) is 2.73. The third kappa shape index (κ3) is 5.29. The highest BCUT2D eigenvalue weighted by Crippen LogP contribution is 2.33. The van der Waals surface area contributed by atoms with Crippen molar-refractivity contribution in [2.24, 2.45) is 0 Å². The summed E-state index contributed by atoms with van der Waals surface area (Å²) in [6.07, 6.45) is 2.36. The molecule has 0 unspecified atom stereocenters. The van der Waals surface area contributed by atoms with Crippen molar-refractivity contribution in [1.82, 2.24) is 5.32 Å². The molecule has 19 heavy (non-hydrogen) atoms. The van der Waals surface area contributed by atoms with Crippen molar-refractivity contribution >= 4 is 11.6 Å². The maximum absolute atomic E-state index is 6.27. The van der Waals surface area contributed by atoms with Gasteiger partial charge in [-0.25, -0.2) is 0 Å². The summed E-state index contributed by atoms with van der Waals surface area (Å²) in [4.78, 5) is 0. The average Bonchev–Trinajstić information content (AvgIpc) is 2.39. The van der Waals surface area contributed by atoms with Crippen LogP contribution in [0.2, 0.25) is 5.02 Å². The van der Waals surface area contributed by atoms with Crippen LogP contribution in [0, 0.1) is 0 Å². The molecule has 1 aromatic carbocycles. The summed E-state index contributed by atoms with van der Waals surface area (Å²) in [5, 5.41) is 4.10. The van der Waals surface area contributed by atoms with Crippen LogP contribution < -0.4 is 14.8 Å². The fourth-order valence-corrected chi connectivity index (χ4v) is 1.99. The molecule has 0 aliphatic rings. The molecule has 0 fully saturated rings. The van der Waals surface area contributed by atoms with E-state index in [2.05, 4.69) is 12.2 Å². The highest BCUT2D eigenvalue weighted by atomic mass is 35.5. The topological polar surface area (TPSA) is 30.5 Å². The second kappa shape index (κ2) is 9.05. The van der Waals surface area contributed by atoms with Crippen LogP contribution in [-0.4, -0.2) is 19.8 Å². The molecule has 4 heteroatoms. The highest BCUT2D eigenvalue weighted by molar-refractivity contribution is 6.31. The molecule has 3 nitrogen and oxygen atoms in total. The van der Waals surface area contributed by atoms with Gasteiger partial charge >= 0.3 is 0 Å². The van der Waals surface area contributed by atoms with Gasteiger partial charge in [0, 0.05) is 17.6 Å². The smallest absolute Gasteiger partial charge is 0.162 e. The van der Waals surface area contributed by atoms with Crippen molar-refractivity contribution < 1.29 is 9.47 Å². The Morgan fingerprint density at radius 2 is 1.68 bits per heavy atom. The molecule has 0 bridgehead atoms. The Kier molecular flexibility index (Phi) is 7.68. The molecule has 0 amide bonds. The lowest BCUT2D eigenvalue weighted by Gasteiger charge is -2.14. The van der Waals surface area contributed by atoms with E-state index in [1.54, 1.807) is 0 Å². The number of hydrogen-bond acceptors (Lipinski definition) is 3. The Labute approximate surface area is 121 Å². The Bertz CT molecular complexity index is 383. The zero-order valence-electron chi connectivity index (χ0n) is 12.1. The van der Waals surface area contributed by atoms with Crippen LogP contribution in [0.1, 0.15) is 39.2 Å². The van der Waals surface area contributed by atoms with E-state index >= 15 is 0 Å². The normalized spacial score (nSPS) is 10.5. The molecular weight excluding hydrogens is 262 g/mol. The lowest BCUT2D eigenvalue weighted by molar-refractivity contribution is 0.287. The molecule has 0 aromatic heterocycles. The van der Waals surface area contributed by atoms with Gasteiger partial charge in [-0.1, -0.05) is 24.9 Å². The van der Waals surface area contributed by atoms with E-state index in [-0.39, 0.29) is 0 Å². The van der Waals surface area contributed by atoms with Gasteiger partial charge in [0.05, 0.1) is 13.2 Å². The van der Waals surface area contributed by atoms with E-state index in [1.807, 2.05) is 26.0 Å². The predicted molar refractivity (Wildman–Crippen MR) is 80.4 cm³/mol. The molecule has 0 saturated carbocycles. The summed E-state index contributed by atoms with van der Waals surface area (Å²) in [6, 6.07) is 3.81. The van der Waals surface area contributed by atoms with Crippen molar-refractivity contribution in [2.75, 3.05) is 19.8 Å². The SMILES string of the molecule is CCCCNCc1cc(OCC)c(OCC)cc1Cl. The number of ether oxygens (including phenoxy) is 2. The van der Waals surface area contributed by atoms with Crippen molar-refractivity contribution in [3.05, 3.63) is 22.7 Å². The van der Waals surface area contributed by atoms with Gasteiger partial charge in [-0.3, -0.25) is 0 Å². The molecule has 0 radical (unpaired) electrons. The van der Waals surface area contributed by atoms with Crippen molar-refractivity contribution in [3.8, 4) is 11.5 Å². The summed E-state index contributed by atoms with van der Waals surface area (Å²) in [5.74, 6) is 1.48. The van der Waals surface area contributed by atoms with Gasteiger partial charge in [-0.05, 0) is 38.4 Å². The molecular formula is C15H24ClNO2. The van der Waals surface area contributed by atoms with Crippen molar-refractivity contribution in [3.63, 3.8) is 0 Å². The van der Waals surface area contributed by atoms with Crippen molar-refractivity contribution in [2.45, 2.75) is 40.2 Å². The van der Waals surface area contributed by atoms with E-state index in [0.717, 1.165) is 29.4 Å². The first-order valence-corrected chi connectivity index (χ1v) is 7.39. The zero-order chi connectivity index (χ0) is 14.1. The lowest BCUT2D eigenvalue weighted by atomic mass is 10.2. The lowest BCUT2D eigenvalue weighted by Crippen LogP contribution is -2.15. The Morgan fingerprint density at radius 1 is 1.05 bits per heavy atom. The van der Waals surface area contributed by atoms with Gasteiger partial charge in [0.2, 0.25) is 0 Å². The van der Waals surface area contributed by atoms with Crippen LogP contribution in [0.15, 0.2) is 12.1 Å². The highest BCUT2D eigenvalue weighted by Gasteiger charge is 2.10. The summed E-state index contributed by atoms with van der Waals surface area (Å²) >= 11 is 6.27. The van der Waals surface area contributed by atoms with Gasteiger partial charge in [-0.15, -0.1) is 0 Å². The summed E-state index contributed by atoms with van der Waals surface area (Å²) < 4.78 is 11.1. The second-order valence-electron chi connectivity index (χ2n) is 4.29. The quantitative estimate of drug-likeness (QED) is 0.695. The largest absolute Gasteiger partial charge is 0.490 e. The minimum absolute atomic E-state index is 0.602. The van der Waals surface area contributed by atoms with Crippen LogP contribution in [0.5, 0.6) is 11.5 Å². The monoisotopic (exact) mass is 285 g/mol. The fraction of sp³-hybridized carbons (Fsp3) is 0.600. The van der Waals surface area contributed by atoms with Crippen LogP contribution in [0.25, 0.3) is 0 Å². The van der Waals surface area contributed by atoms with E-state index < -0.39 is 0 Å². The van der Waals surface area contributed by atoms with Gasteiger partial charge in [0.1, 0.15) is 0 Å². The summed E-state index contributed by atoms with van der Waals surface area (Å²) in [7, 11) is 0. The number of unbranched alkanes of at least 4 members (excludes halogenated alkanes) is 1. The molecule has 0 saturated heterocycles. The first-order chi connectivity index (χ1) is 9.22. The molecule has 1 rings (SSSR count). The number of hydrogen-bond donors (Lipinski definition) is 1. The van der Waals surface area contributed by atoms with Gasteiger partial charge in [0.25, 0.3) is 0 Å². The molecule has 0 aliphatic heterocycles. The maximum atomic E-state index is 6.27. The van der Waals surface area contributed by atoms with Gasteiger partial charge in [0.15, 0.2) is 11.5 Å². The van der Waals surface area contributed by atoms with Crippen LogP contribution in [0.4, 0.5) is 0 Å². The number of halogens is 1. The van der Waals surface area contributed by atoms with Crippen LogP contribution in [0.3, 0.4) is 0 Å². The summed E-state index contributed by atoms with van der Waals surface area (Å²) in [6.45, 7) is 9.07. The predicted octanol–water partition coefficient (Wildman–Crippen LogP) is 4.03. The minimum atomic E-state index is 0.602. The standard InChI is InChI=1S/C15H24ClNO2/c1-4-7-8-17-11-12-9-14(18-5-2)15(19-6-3)10-13(12)16/h9-10,17H,4-8,11H2,1-3H3. The first kappa shape index (κ1) is 16.1. The first-order valence-electron chi connectivity index (χ1n) is 7.01. The molecule has 0 atom stereocenters. The minimum Gasteiger partial charge on any atom is -0.490 e. The van der Waals surface area contributed by atoms with E-state index in [4.69, 9.17) is 21.1 Å². The number of rotatable bonds is 9. The van der Waals surface area contributed by atoms with E-state index in [1.165, 1.54) is 12.8 Å². The second-order valence-corrected chi connectivity index (χ2v) is 4.69. The average molecular weight is 286 g/mol. The maximum Gasteiger partial charge on any atom is 0.162 e. The van der Waals surface area contributed by atoms with Crippen LogP contribution >= 0.6 is 11.6 Å². The number of nitrogens with one attached hydrogen (secondary N) is 1. The fourth-order valence-electron chi connectivity index (χ4n) is 1.77. The van der Waals surface area contributed by atoms with Crippen molar-refractivity contribution in [1.29, 1.82) is 0 Å². The Morgan fingerprint density at radius 3 is 2.26 bits per heavy atom.